The molecule has 0 spiro atoms. The zero-order valence-corrected chi connectivity index (χ0v) is 29.8. The number of benzene rings is 4. The van der Waals surface area contributed by atoms with Crippen LogP contribution in [0.5, 0.6) is 0 Å². The SMILES string of the molecule is CCCCNC(=O)[C@@H](Cc1ccccc1)N(Cc1ccc(Cl)c(Cl)c1)C(=O)CN(c1cc(Cl)cc(Cl)c1)S(=O)(=O)c1ccc(C)cc1. The Labute approximate surface area is 296 Å². The van der Waals surface area contributed by atoms with Crippen LogP contribution in [0.1, 0.15) is 36.5 Å². The van der Waals surface area contributed by atoms with Gasteiger partial charge in [-0.05, 0) is 66.9 Å². The summed E-state index contributed by atoms with van der Waals surface area (Å²) in [6.07, 6.45) is 1.80. The van der Waals surface area contributed by atoms with Gasteiger partial charge < -0.3 is 10.2 Å². The Morgan fingerprint density at radius 3 is 2.09 bits per heavy atom. The van der Waals surface area contributed by atoms with Gasteiger partial charge in [-0.25, -0.2) is 8.42 Å². The third kappa shape index (κ3) is 9.87. The topological polar surface area (TPSA) is 86.8 Å². The molecule has 4 aromatic rings. The van der Waals surface area contributed by atoms with Gasteiger partial charge in [0.25, 0.3) is 10.0 Å². The Bertz CT molecular complexity index is 1790. The molecule has 4 rings (SSSR count). The third-order valence-corrected chi connectivity index (χ3v) is 10.4. The minimum atomic E-state index is -4.31. The molecule has 0 radical (unpaired) electrons. The monoisotopic (exact) mass is 733 g/mol. The Hall–Kier alpha value is -3.27. The number of anilines is 1. The predicted octanol–water partition coefficient (Wildman–Crippen LogP) is 8.36. The molecule has 1 atom stereocenters. The second kappa shape index (κ2) is 16.7. The molecule has 0 fully saturated rings. The fraction of sp³-hybridized carbons (Fsp3) is 0.257. The first-order chi connectivity index (χ1) is 22.4. The van der Waals surface area contributed by atoms with E-state index in [1.807, 2.05) is 44.2 Å². The first kappa shape index (κ1) is 36.6. The van der Waals surface area contributed by atoms with Crippen molar-refractivity contribution in [2.45, 2.75) is 50.6 Å². The molecule has 4 aromatic carbocycles. The van der Waals surface area contributed by atoms with E-state index in [1.165, 1.54) is 35.2 Å². The van der Waals surface area contributed by atoms with Crippen LogP contribution in [-0.2, 0) is 32.6 Å². The second-order valence-corrected chi connectivity index (χ2v) is 14.6. The number of amides is 2. The lowest BCUT2D eigenvalue weighted by atomic mass is 10.0. The third-order valence-electron chi connectivity index (χ3n) is 7.46. The number of halogens is 4. The van der Waals surface area contributed by atoms with Gasteiger partial charge in [0, 0.05) is 29.6 Å². The summed E-state index contributed by atoms with van der Waals surface area (Å²) in [5.74, 6) is -0.996. The lowest BCUT2D eigenvalue weighted by Gasteiger charge is -2.34. The number of hydrogen-bond donors (Lipinski definition) is 1. The van der Waals surface area contributed by atoms with Crippen LogP contribution >= 0.6 is 46.4 Å². The van der Waals surface area contributed by atoms with Crippen LogP contribution in [0, 0.1) is 6.92 Å². The van der Waals surface area contributed by atoms with Crippen molar-refractivity contribution in [2.24, 2.45) is 0 Å². The normalized spacial score (nSPS) is 12.0. The van der Waals surface area contributed by atoms with Crippen LogP contribution in [0.15, 0.2) is 95.9 Å². The summed E-state index contributed by atoms with van der Waals surface area (Å²) >= 11 is 25.1. The maximum atomic E-state index is 14.6. The van der Waals surface area contributed by atoms with E-state index in [4.69, 9.17) is 46.4 Å². The molecule has 0 aliphatic rings. The van der Waals surface area contributed by atoms with Crippen LogP contribution in [0.4, 0.5) is 5.69 Å². The smallest absolute Gasteiger partial charge is 0.264 e. The number of sulfonamides is 1. The lowest BCUT2D eigenvalue weighted by molar-refractivity contribution is -0.140. The zero-order chi connectivity index (χ0) is 34.1. The highest BCUT2D eigenvalue weighted by Gasteiger charge is 2.35. The number of aryl methyl sites for hydroxylation is 1. The largest absolute Gasteiger partial charge is 0.354 e. The van der Waals surface area contributed by atoms with Gasteiger partial charge in [0.15, 0.2) is 0 Å². The fourth-order valence-electron chi connectivity index (χ4n) is 4.94. The van der Waals surface area contributed by atoms with Gasteiger partial charge in [-0.2, -0.15) is 0 Å². The first-order valence-corrected chi connectivity index (χ1v) is 17.9. The molecule has 12 heteroatoms. The predicted molar refractivity (Wildman–Crippen MR) is 191 cm³/mol. The second-order valence-electron chi connectivity index (χ2n) is 11.1. The highest BCUT2D eigenvalue weighted by atomic mass is 35.5. The van der Waals surface area contributed by atoms with Gasteiger partial charge in [-0.1, -0.05) is 114 Å². The van der Waals surface area contributed by atoms with E-state index in [1.54, 1.807) is 30.3 Å². The molecule has 0 saturated heterocycles. The van der Waals surface area contributed by atoms with Gasteiger partial charge in [0.1, 0.15) is 12.6 Å². The molecule has 0 heterocycles. The summed E-state index contributed by atoms with van der Waals surface area (Å²) in [5, 5.41) is 3.95. The van der Waals surface area contributed by atoms with Crippen LogP contribution < -0.4 is 9.62 Å². The molecule has 0 aliphatic carbocycles. The zero-order valence-electron chi connectivity index (χ0n) is 25.9. The molecule has 1 N–H and O–H groups in total. The summed E-state index contributed by atoms with van der Waals surface area (Å²) in [4.78, 5) is 29.8. The number of unbranched alkanes of at least 4 members (excludes halogenated alkanes) is 1. The molecule has 0 unspecified atom stereocenters. The van der Waals surface area contributed by atoms with E-state index in [-0.39, 0.29) is 44.5 Å². The number of nitrogens with one attached hydrogen (secondary N) is 1. The number of carbonyl (C=O) groups excluding carboxylic acids is 2. The highest BCUT2D eigenvalue weighted by molar-refractivity contribution is 7.92. The van der Waals surface area contributed by atoms with Crippen molar-refractivity contribution in [3.63, 3.8) is 0 Å². The molecule has 2 amide bonds. The molecule has 248 valence electrons. The highest BCUT2D eigenvalue weighted by Crippen LogP contribution is 2.31. The summed E-state index contributed by atoms with van der Waals surface area (Å²) in [6.45, 7) is 3.57. The van der Waals surface area contributed by atoms with Gasteiger partial charge in [-0.3, -0.25) is 13.9 Å². The van der Waals surface area contributed by atoms with Crippen LogP contribution in [0.2, 0.25) is 20.1 Å². The summed E-state index contributed by atoms with van der Waals surface area (Å²) in [7, 11) is -4.31. The quantitative estimate of drug-likeness (QED) is 0.132. The number of nitrogens with zero attached hydrogens (tertiary/aromatic N) is 2. The van der Waals surface area contributed by atoms with Crippen LogP contribution in [0.25, 0.3) is 0 Å². The fourth-order valence-corrected chi connectivity index (χ4v) is 7.18. The molecule has 0 bridgehead atoms. The van der Waals surface area contributed by atoms with Crippen LogP contribution in [-0.4, -0.2) is 44.3 Å². The number of hydrogen-bond acceptors (Lipinski definition) is 4. The van der Waals surface area contributed by atoms with Gasteiger partial charge in [0.2, 0.25) is 11.8 Å². The minimum Gasteiger partial charge on any atom is -0.354 e. The summed E-state index contributed by atoms with van der Waals surface area (Å²) in [5.41, 5.74) is 2.38. The summed E-state index contributed by atoms with van der Waals surface area (Å²) < 4.78 is 29.4. The van der Waals surface area contributed by atoms with Crippen LogP contribution in [0.3, 0.4) is 0 Å². The molecular weight excluding hydrogens is 700 g/mol. The Morgan fingerprint density at radius 2 is 1.47 bits per heavy atom. The van der Waals surface area contributed by atoms with Gasteiger partial charge in [0.05, 0.1) is 20.6 Å². The number of carbonyl (C=O) groups is 2. The van der Waals surface area contributed by atoms with E-state index < -0.39 is 28.5 Å². The van der Waals surface area contributed by atoms with Crippen molar-refractivity contribution < 1.29 is 18.0 Å². The average Bonchev–Trinajstić information content (AvgIpc) is 3.03. The van der Waals surface area contributed by atoms with Gasteiger partial charge >= 0.3 is 0 Å². The molecule has 0 saturated carbocycles. The van der Waals surface area contributed by atoms with Crippen molar-refractivity contribution in [1.29, 1.82) is 0 Å². The van der Waals surface area contributed by atoms with Gasteiger partial charge in [-0.15, -0.1) is 0 Å². The van der Waals surface area contributed by atoms with Crippen molar-refractivity contribution in [3.8, 4) is 0 Å². The molecule has 47 heavy (non-hydrogen) atoms. The van der Waals surface area contributed by atoms with E-state index in [0.29, 0.717) is 17.1 Å². The minimum absolute atomic E-state index is 0.0267. The van der Waals surface area contributed by atoms with E-state index in [2.05, 4.69) is 5.32 Å². The Balaban J connectivity index is 1.83. The average molecular weight is 736 g/mol. The Kier molecular flexibility index (Phi) is 13.0. The maximum Gasteiger partial charge on any atom is 0.264 e. The van der Waals surface area contributed by atoms with E-state index in [0.717, 1.165) is 28.3 Å². The molecule has 0 aliphatic heterocycles. The standard InChI is InChI=1S/C35H35Cl4N3O4S/c1-3-4-16-40-35(44)33(18-25-8-6-5-7-9-25)41(22-26-12-15-31(38)32(39)17-26)34(43)23-42(29-20-27(36)19-28(37)21-29)47(45,46)30-13-10-24(2)11-14-30/h5-15,17,19-21,33H,3-4,16,18,22-23H2,1-2H3,(H,40,44)/t33-/m1/s1. The molecular formula is C35H35Cl4N3O4S. The van der Waals surface area contributed by atoms with Crippen molar-refractivity contribution in [2.75, 3.05) is 17.4 Å². The van der Waals surface area contributed by atoms with Crippen molar-refractivity contribution in [3.05, 3.63) is 128 Å². The van der Waals surface area contributed by atoms with Crippen molar-refractivity contribution >= 4 is 73.9 Å². The lowest BCUT2D eigenvalue weighted by Crippen LogP contribution is -2.53. The maximum absolute atomic E-state index is 14.6. The van der Waals surface area contributed by atoms with E-state index >= 15 is 0 Å². The summed E-state index contributed by atoms with van der Waals surface area (Å²) in [6, 6.07) is 23.9. The number of rotatable bonds is 14. The van der Waals surface area contributed by atoms with E-state index in [9.17, 15) is 18.0 Å². The van der Waals surface area contributed by atoms with Crippen molar-refractivity contribution in [1.82, 2.24) is 10.2 Å². The molecule has 0 aromatic heterocycles. The molecule has 7 nitrogen and oxygen atoms in total. The first-order valence-electron chi connectivity index (χ1n) is 15.0. The Morgan fingerprint density at radius 1 is 0.809 bits per heavy atom.